The molecular formula is C14H21ClN2O3. The summed E-state index contributed by atoms with van der Waals surface area (Å²) >= 11 is 0. The molecule has 1 unspecified atom stereocenters. The lowest BCUT2D eigenvalue weighted by molar-refractivity contribution is -0.130. The van der Waals surface area contributed by atoms with E-state index < -0.39 is 0 Å². The average Bonchev–Trinajstić information content (AvgIpc) is 2.95. The molecule has 1 aliphatic heterocycles. The summed E-state index contributed by atoms with van der Waals surface area (Å²) in [5.74, 6) is 1.38. The first-order valence-electron chi connectivity index (χ1n) is 6.42. The van der Waals surface area contributed by atoms with Crippen LogP contribution in [0.5, 0.6) is 11.5 Å². The van der Waals surface area contributed by atoms with Crippen LogP contribution in [0.25, 0.3) is 0 Å². The fraction of sp³-hybridized carbons (Fsp3) is 0.500. The number of methoxy groups -OCH3 is 2. The van der Waals surface area contributed by atoms with Crippen molar-refractivity contribution in [1.82, 2.24) is 4.90 Å². The van der Waals surface area contributed by atoms with Gasteiger partial charge in [0, 0.05) is 6.54 Å². The molecule has 2 N–H and O–H groups in total. The number of halogens is 1. The Balaban J connectivity index is 0.00000200. The number of nitrogens with two attached hydrogens (primary N) is 1. The van der Waals surface area contributed by atoms with Gasteiger partial charge < -0.3 is 20.1 Å². The van der Waals surface area contributed by atoms with E-state index in [1.54, 1.807) is 14.2 Å². The molecule has 0 aromatic heterocycles. The highest BCUT2D eigenvalue weighted by Crippen LogP contribution is 2.36. The molecule has 1 heterocycles. The number of likely N-dealkylation sites (tertiary alicyclic amines) is 1. The summed E-state index contributed by atoms with van der Waals surface area (Å²) in [5.41, 5.74) is 6.52. The monoisotopic (exact) mass is 300 g/mol. The third kappa shape index (κ3) is 3.16. The first kappa shape index (κ1) is 16.6. The van der Waals surface area contributed by atoms with Gasteiger partial charge in [-0.2, -0.15) is 0 Å². The maximum Gasteiger partial charge on any atom is 0.236 e. The minimum absolute atomic E-state index is 0. The first-order chi connectivity index (χ1) is 9.21. The Morgan fingerprint density at radius 1 is 1.35 bits per heavy atom. The zero-order valence-corrected chi connectivity index (χ0v) is 12.6. The summed E-state index contributed by atoms with van der Waals surface area (Å²) in [6.45, 7) is 0.832. The highest BCUT2D eigenvalue weighted by molar-refractivity contribution is 5.85. The smallest absolute Gasteiger partial charge is 0.236 e. The van der Waals surface area contributed by atoms with Crippen LogP contribution < -0.4 is 15.2 Å². The summed E-state index contributed by atoms with van der Waals surface area (Å²) in [7, 11) is 3.22. The van der Waals surface area contributed by atoms with Crippen molar-refractivity contribution < 1.29 is 14.3 Å². The number of benzene rings is 1. The molecule has 0 bridgehead atoms. The van der Waals surface area contributed by atoms with Crippen LogP contribution in [-0.2, 0) is 4.79 Å². The number of hydrogen-bond donors (Lipinski definition) is 1. The van der Waals surface area contributed by atoms with E-state index >= 15 is 0 Å². The number of carbonyl (C=O) groups excluding carboxylic acids is 1. The van der Waals surface area contributed by atoms with Gasteiger partial charge in [-0.25, -0.2) is 0 Å². The van der Waals surface area contributed by atoms with Crippen molar-refractivity contribution in [2.75, 3.05) is 27.3 Å². The van der Waals surface area contributed by atoms with E-state index in [-0.39, 0.29) is 30.9 Å². The zero-order chi connectivity index (χ0) is 13.8. The van der Waals surface area contributed by atoms with Crippen LogP contribution in [0.15, 0.2) is 18.2 Å². The Morgan fingerprint density at radius 3 is 2.65 bits per heavy atom. The van der Waals surface area contributed by atoms with Crippen molar-refractivity contribution >= 4 is 18.3 Å². The normalized spacial score (nSPS) is 17.6. The predicted octanol–water partition coefficient (Wildman–Crippen LogP) is 1.75. The molecule has 1 aliphatic rings. The number of ether oxygens (including phenoxy) is 2. The van der Waals surface area contributed by atoms with Crippen LogP contribution in [0.1, 0.15) is 24.4 Å². The van der Waals surface area contributed by atoms with Gasteiger partial charge in [-0.15, -0.1) is 12.4 Å². The lowest BCUT2D eigenvalue weighted by Crippen LogP contribution is -2.35. The van der Waals surface area contributed by atoms with Crippen LogP contribution in [-0.4, -0.2) is 38.1 Å². The van der Waals surface area contributed by atoms with E-state index in [2.05, 4.69) is 0 Å². The highest BCUT2D eigenvalue weighted by Gasteiger charge is 2.29. The van der Waals surface area contributed by atoms with Gasteiger partial charge in [-0.05, 0) is 30.5 Å². The molecule has 1 atom stereocenters. The van der Waals surface area contributed by atoms with E-state index in [0.29, 0.717) is 11.5 Å². The van der Waals surface area contributed by atoms with Gasteiger partial charge in [0.1, 0.15) is 0 Å². The predicted molar refractivity (Wildman–Crippen MR) is 79.5 cm³/mol. The van der Waals surface area contributed by atoms with Gasteiger partial charge >= 0.3 is 0 Å². The summed E-state index contributed by atoms with van der Waals surface area (Å²) in [6.07, 6.45) is 1.96. The van der Waals surface area contributed by atoms with Gasteiger partial charge in [0.25, 0.3) is 0 Å². The van der Waals surface area contributed by atoms with Crippen LogP contribution in [0.3, 0.4) is 0 Å². The number of rotatable bonds is 4. The van der Waals surface area contributed by atoms with E-state index in [9.17, 15) is 4.79 Å². The minimum Gasteiger partial charge on any atom is -0.493 e. The van der Waals surface area contributed by atoms with Crippen LogP contribution in [0, 0.1) is 0 Å². The Hall–Kier alpha value is -1.46. The van der Waals surface area contributed by atoms with Gasteiger partial charge in [-0.1, -0.05) is 6.07 Å². The van der Waals surface area contributed by atoms with Crippen LogP contribution in [0.4, 0.5) is 0 Å². The maximum atomic E-state index is 11.8. The van der Waals surface area contributed by atoms with Crippen molar-refractivity contribution in [3.8, 4) is 11.5 Å². The second kappa shape index (κ2) is 7.36. The van der Waals surface area contributed by atoms with Crippen molar-refractivity contribution in [2.45, 2.75) is 18.9 Å². The van der Waals surface area contributed by atoms with Gasteiger partial charge in [-0.3, -0.25) is 4.79 Å². The molecule has 1 fully saturated rings. The number of hydrogen-bond acceptors (Lipinski definition) is 4. The van der Waals surface area contributed by atoms with E-state index in [4.69, 9.17) is 15.2 Å². The molecule has 0 aliphatic carbocycles. The quantitative estimate of drug-likeness (QED) is 0.920. The topological polar surface area (TPSA) is 64.8 Å². The van der Waals surface area contributed by atoms with Gasteiger partial charge in [0.05, 0.1) is 26.8 Å². The molecule has 20 heavy (non-hydrogen) atoms. The van der Waals surface area contributed by atoms with Crippen LogP contribution >= 0.6 is 12.4 Å². The molecule has 2 rings (SSSR count). The summed E-state index contributed by atoms with van der Waals surface area (Å²) in [5, 5.41) is 0. The molecule has 0 saturated carbocycles. The Kier molecular flexibility index (Phi) is 6.10. The van der Waals surface area contributed by atoms with Gasteiger partial charge in [0.15, 0.2) is 11.5 Å². The molecule has 0 radical (unpaired) electrons. The number of amides is 1. The summed E-state index contributed by atoms with van der Waals surface area (Å²) < 4.78 is 10.5. The molecule has 1 saturated heterocycles. The second-order valence-corrected chi connectivity index (χ2v) is 4.56. The van der Waals surface area contributed by atoms with Crippen molar-refractivity contribution in [3.63, 3.8) is 0 Å². The lowest BCUT2D eigenvalue weighted by Gasteiger charge is -2.25. The molecular weight excluding hydrogens is 280 g/mol. The molecule has 1 aromatic rings. The molecule has 1 amide bonds. The lowest BCUT2D eigenvalue weighted by atomic mass is 10.0. The summed E-state index contributed by atoms with van der Waals surface area (Å²) in [6, 6.07) is 5.88. The van der Waals surface area contributed by atoms with E-state index in [1.807, 2.05) is 23.1 Å². The van der Waals surface area contributed by atoms with E-state index in [1.165, 1.54) is 0 Å². The number of carbonyl (C=O) groups is 1. The van der Waals surface area contributed by atoms with Crippen molar-refractivity contribution in [1.29, 1.82) is 0 Å². The third-order valence-electron chi connectivity index (χ3n) is 3.54. The standard InChI is InChI=1S/C14H20N2O3.ClH/c1-18-12-6-5-10(8-13(12)19-2)11-4-3-7-16(11)14(17)9-15;/h5-6,8,11H,3-4,7,9,15H2,1-2H3;1H. The van der Waals surface area contributed by atoms with Crippen molar-refractivity contribution in [2.24, 2.45) is 5.73 Å². The molecule has 1 aromatic carbocycles. The largest absolute Gasteiger partial charge is 0.493 e. The van der Waals surface area contributed by atoms with Crippen molar-refractivity contribution in [3.05, 3.63) is 23.8 Å². The van der Waals surface area contributed by atoms with Gasteiger partial charge in [0.2, 0.25) is 5.91 Å². The van der Waals surface area contributed by atoms with Crippen LogP contribution in [0.2, 0.25) is 0 Å². The van der Waals surface area contributed by atoms with E-state index in [0.717, 1.165) is 24.9 Å². The molecule has 112 valence electrons. The fourth-order valence-electron chi connectivity index (χ4n) is 2.59. The Bertz CT molecular complexity index is 468. The fourth-order valence-corrected chi connectivity index (χ4v) is 2.59. The Morgan fingerprint density at radius 2 is 2.05 bits per heavy atom. The molecule has 6 heteroatoms. The average molecular weight is 301 g/mol. The SMILES string of the molecule is COc1ccc(C2CCCN2C(=O)CN)cc1OC.Cl. The zero-order valence-electron chi connectivity index (χ0n) is 11.8. The minimum atomic E-state index is -0.00251. The first-order valence-corrected chi connectivity index (χ1v) is 6.42. The Labute approximate surface area is 125 Å². The number of nitrogens with zero attached hydrogens (tertiary/aromatic N) is 1. The third-order valence-corrected chi connectivity index (χ3v) is 3.54. The molecule has 5 nitrogen and oxygen atoms in total. The summed E-state index contributed by atoms with van der Waals surface area (Å²) in [4.78, 5) is 13.7. The highest BCUT2D eigenvalue weighted by atomic mass is 35.5. The maximum absolute atomic E-state index is 11.8. The second-order valence-electron chi connectivity index (χ2n) is 4.56. The molecule has 0 spiro atoms.